The van der Waals surface area contributed by atoms with Gasteiger partial charge < -0.3 is 14.7 Å². The first-order valence-electron chi connectivity index (χ1n) is 15.9. The van der Waals surface area contributed by atoms with Gasteiger partial charge in [-0.3, -0.25) is 24.0 Å². The summed E-state index contributed by atoms with van der Waals surface area (Å²) in [7, 11) is 5.27. The first kappa shape index (κ1) is 45.8. The third-order valence-corrected chi connectivity index (χ3v) is 8.66. The van der Waals surface area contributed by atoms with Gasteiger partial charge in [-0.15, -0.1) is 0 Å². The van der Waals surface area contributed by atoms with E-state index in [2.05, 4.69) is 0 Å². The Bertz CT molecular complexity index is 2380. The third kappa shape index (κ3) is 8.22. The zero-order valence-corrected chi connectivity index (χ0v) is 30.5. The first-order chi connectivity index (χ1) is 26.6. The van der Waals surface area contributed by atoms with Crippen LogP contribution in [0.5, 0.6) is 0 Å². The minimum absolute atomic E-state index is 0.122. The molecule has 318 valence electrons. The van der Waals surface area contributed by atoms with Crippen molar-refractivity contribution >= 4 is 67.9 Å². The fraction of sp³-hybridized carbons (Fsp3) is 0.306. The number of carbonyl (C=O) groups is 5. The second-order valence-corrected chi connectivity index (χ2v) is 13.2. The van der Waals surface area contributed by atoms with Gasteiger partial charge in [0, 0.05) is 75.4 Å². The van der Waals surface area contributed by atoms with E-state index in [1.165, 1.54) is 0 Å². The topological polar surface area (TPSA) is 95.1 Å². The molecule has 1 aliphatic carbocycles. The maximum absolute atomic E-state index is 15.8. The smallest absolute Gasteiger partial charge is 0.377 e. The van der Waals surface area contributed by atoms with Gasteiger partial charge in [-0.1, -0.05) is 0 Å². The Hall–Kier alpha value is -5.90. The number of benzene rings is 3. The van der Waals surface area contributed by atoms with Crippen molar-refractivity contribution in [3.8, 4) is 0 Å². The van der Waals surface area contributed by atoms with E-state index >= 15 is 13.2 Å². The van der Waals surface area contributed by atoms with Crippen LogP contribution in [0.3, 0.4) is 0 Å². The third-order valence-electron chi connectivity index (χ3n) is 8.66. The fourth-order valence-electron chi connectivity index (χ4n) is 6.53. The Morgan fingerprint density at radius 3 is 1.20 bits per heavy atom. The number of allylic oxidation sites excluding steroid dienone is 4. The maximum Gasteiger partial charge on any atom is 0.454 e. The standard InChI is InChI=1S/C36H24F15N3O5/c1-52(2)19-9-7-14(28(56)33(40,41)42)21-13(8-10-20(55)23(19)21)25(32(37,38)39)15-11-17(30(58)35(46,47)48)26(53(3)4)24-22(15)16(29(57)34(43,44)45)12-18(27(24)54(5)6)31(59)36(49,50)51/h7-12H,1-6H3. The molecule has 0 atom stereocenters. The van der Waals surface area contributed by atoms with Gasteiger partial charge in [0.15, 0.2) is 5.78 Å². The quantitative estimate of drug-likeness (QED) is 0.164. The number of anilines is 3. The predicted octanol–water partition coefficient (Wildman–Crippen LogP) is 9.24. The molecule has 59 heavy (non-hydrogen) atoms. The van der Waals surface area contributed by atoms with Crippen LogP contribution in [-0.4, -0.2) is 102 Å². The number of Topliss-reactive ketones (excluding diaryl/α,β-unsaturated/α-hetero) is 4. The van der Waals surface area contributed by atoms with Crippen molar-refractivity contribution in [1.29, 1.82) is 0 Å². The van der Waals surface area contributed by atoms with E-state index in [0.29, 0.717) is 28.0 Å². The van der Waals surface area contributed by atoms with Crippen molar-refractivity contribution < 1.29 is 89.8 Å². The Kier molecular flexibility index (Phi) is 11.4. The van der Waals surface area contributed by atoms with Gasteiger partial charge in [-0.25, -0.2) is 0 Å². The molecule has 0 saturated heterocycles. The molecule has 4 rings (SSSR count). The number of fused-ring (bicyclic) bond motifs is 2. The number of carbonyl (C=O) groups excluding carboxylic acids is 5. The average molecular weight is 864 g/mol. The van der Waals surface area contributed by atoms with Crippen molar-refractivity contribution in [3.05, 3.63) is 75.4 Å². The molecular weight excluding hydrogens is 839 g/mol. The SMILES string of the molecule is CN(C)c1ccc(C(=O)C(F)(F)F)c2c1C(=O)C=CC2=C(c1cc(C(=O)C(F)(F)F)c(N(C)C)c2c(N(C)C)c(C(=O)C(F)(F)F)cc(C(=O)C(F)(F)F)c12)C(F)(F)F. The zero-order chi connectivity index (χ0) is 45.4. The number of alkyl halides is 15. The molecule has 3 aromatic carbocycles. The Labute approximate surface area is 321 Å². The molecule has 8 nitrogen and oxygen atoms in total. The molecular formula is C36H24F15N3O5. The maximum atomic E-state index is 15.8. The number of halogens is 15. The minimum atomic E-state index is -6.23. The van der Waals surface area contributed by atoms with Gasteiger partial charge >= 0.3 is 30.9 Å². The Balaban J connectivity index is 2.64. The lowest BCUT2D eigenvalue weighted by atomic mass is 9.79. The molecule has 0 spiro atoms. The van der Waals surface area contributed by atoms with Crippen molar-refractivity contribution in [1.82, 2.24) is 0 Å². The molecule has 1 aliphatic rings. The lowest BCUT2D eigenvalue weighted by Crippen LogP contribution is -2.30. The summed E-state index contributed by atoms with van der Waals surface area (Å²) >= 11 is 0. The zero-order valence-electron chi connectivity index (χ0n) is 30.5. The molecule has 0 N–H and O–H groups in total. The molecule has 3 aromatic rings. The highest BCUT2D eigenvalue weighted by Crippen LogP contribution is 2.53. The first-order valence-corrected chi connectivity index (χ1v) is 15.9. The fourth-order valence-corrected chi connectivity index (χ4v) is 6.53. The van der Waals surface area contributed by atoms with E-state index in [1.54, 1.807) is 0 Å². The summed E-state index contributed by atoms with van der Waals surface area (Å²) in [5, 5.41) is -3.36. The number of rotatable bonds is 8. The van der Waals surface area contributed by atoms with E-state index in [0.717, 1.165) is 47.2 Å². The molecule has 0 saturated carbocycles. The van der Waals surface area contributed by atoms with Crippen molar-refractivity contribution in [2.75, 3.05) is 57.0 Å². The predicted molar refractivity (Wildman–Crippen MR) is 181 cm³/mol. The number of nitrogens with zero attached hydrogens (tertiary/aromatic N) is 3. The van der Waals surface area contributed by atoms with Crippen LogP contribution in [-0.2, 0) is 0 Å². The highest BCUT2D eigenvalue weighted by Gasteiger charge is 2.50. The number of hydrogen-bond donors (Lipinski definition) is 0. The van der Waals surface area contributed by atoms with Gasteiger partial charge in [0.1, 0.15) is 0 Å². The average Bonchev–Trinajstić information content (AvgIpc) is 3.07. The van der Waals surface area contributed by atoms with E-state index in [-0.39, 0.29) is 12.1 Å². The van der Waals surface area contributed by atoms with Gasteiger partial charge in [-0.2, -0.15) is 65.9 Å². The van der Waals surface area contributed by atoms with Gasteiger partial charge in [-0.05, 0) is 47.6 Å². The van der Waals surface area contributed by atoms with Crippen LogP contribution in [0, 0.1) is 0 Å². The van der Waals surface area contributed by atoms with Crippen molar-refractivity contribution in [3.63, 3.8) is 0 Å². The van der Waals surface area contributed by atoms with Crippen LogP contribution in [0.25, 0.3) is 21.9 Å². The minimum Gasteiger partial charge on any atom is -0.377 e. The van der Waals surface area contributed by atoms with E-state index in [1.807, 2.05) is 0 Å². The lowest BCUT2D eigenvalue weighted by Gasteiger charge is -2.31. The number of hydrogen-bond acceptors (Lipinski definition) is 8. The highest BCUT2D eigenvalue weighted by molar-refractivity contribution is 6.29. The van der Waals surface area contributed by atoms with E-state index in [4.69, 9.17) is 0 Å². The molecule has 0 amide bonds. The Morgan fingerprint density at radius 1 is 0.441 bits per heavy atom. The van der Waals surface area contributed by atoms with Gasteiger partial charge in [0.05, 0.1) is 33.6 Å². The largest absolute Gasteiger partial charge is 0.454 e. The second kappa shape index (κ2) is 14.7. The molecule has 0 heterocycles. The molecule has 0 unspecified atom stereocenters. The van der Waals surface area contributed by atoms with Crippen LogP contribution in [0.1, 0.15) is 62.9 Å². The molecule has 0 aromatic heterocycles. The van der Waals surface area contributed by atoms with Crippen molar-refractivity contribution in [2.45, 2.75) is 30.9 Å². The lowest BCUT2D eigenvalue weighted by molar-refractivity contribution is -0.0890. The van der Waals surface area contributed by atoms with Crippen LogP contribution in [0.15, 0.2) is 36.4 Å². The summed E-state index contributed by atoms with van der Waals surface area (Å²) in [6.45, 7) is 0. The van der Waals surface area contributed by atoms with Crippen LogP contribution >= 0.6 is 0 Å². The molecule has 23 heteroatoms. The van der Waals surface area contributed by atoms with Crippen molar-refractivity contribution in [2.24, 2.45) is 0 Å². The molecule has 0 radical (unpaired) electrons. The van der Waals surface area contributed by atoms with Crippen LogP contribution < -0.4 is 14.7 Å². The van der Waals surface area contributed by atoms with E-state index < -0.39 is 144 Å². The normalized spacial score (nSPS) is 14.6. The highest BCUT2D eigenvalue weighted by atomic mass is 19.4. The van der Waals surface area contributed by atoms with Gasteiger partial charge in [0.25, 0.3) is 23.1 Å². The van der Waals surface area contributed by atoms with Crippen LogP contribution in [0.2, 0.25) is 0 Å². The molecule has 0 aliphatic heterocycles. The van der Waals surface area contributed by atoms with Gasteiger partial charge in [0.2, 0.25) is 0 Å². The summed E-state index contributed by atoms with van der Waals surface area (Å²) in [5.74, 6) is -13.6. The summed E-state index contributed by atoms with van der Waals surface area (Å²) in [5.41, 5.74) is -19.9. The number of ketones is 5. The summed E-state index contributed by atoms with van der Waals surface area (Å²) < 4.78 is 217. The monoisotopic (exact) mass is 863 g/mol. The molecule has 0 bridgehead atoms. The van der Waals surface area contributed by atoms with Crippen LogP contribution in [0.4, 0.5) is 82.9 Å². The second-order valence-electron chi connectivity index (χ2n) is 13.2. The summed E-state index contributed by atoms with van der Waals surface area (Å²) in [6, 6.07) is 0.303. The Morgan fingerprint density at radius 2 is 0.831 bits per heavy atom. The van der Waals surface area contributed by atoms with E-state index in [9.17, 15) is 76.7 Å². The molecule has 0 fully saturated rings. The summed E-state index contributed by atoms with van der Waals surface area (Å²) in [4.78, 5) is 66.9. The summed E-state index contributed by atoms with van der Waals surface area (Å²) in [6.07, 6.45) is -30.1.